The van der Waals surface area contributed by atoms with Crippen molar-refractivity contribution in [3.8, 4) is 17.0 Å². The van der Waals surface area contributed by atoms with Crippen molar-refractivity contribution in [3.05, 3.63) is 65.7 Å². The summed E-state index contributed by atoms with van der Waals surface area (Å²) in [5, 5.41) is 24.0. The number of aromatic nitrogens is 3. The quantitative estimate of drug-likeness (QED) is 0.561. The van der Waals surface area contributed by atoms with Gasteiger partial charge < -0.3 is 15.7 Å². The minimum absolute atomic E-state index is 0.0318. The van der Waals surface area contributed by atoms with E-state index < -0.39 is 17.4 Å². The van der Waals surface area contributed by atoms with E-state index >= 15 is 0 Å². The minimum atomic E-state index is -0.993. The highest BCUT2D eigenvalue weighted by Gasteiger charge is 2.48. The fourth-order valence-electron chi connectivity index (χ4n) is 3.84. The maximum Gasteiger partial charge on any atom is 0.251 e. The lowest BCUT2D eigenvalue weighted by molar-refractivity contribution is 0.0958. The summed E-state index contributed by atoms with van der Waals surface area (Å²) in [4.78, 5) is 16.0. The number of hydrogen-bond acceptors (Lipinski definition) is 6. The molecule has 4 rings (SSSR count). The van der Waals surface area contributed by atoms with Crippen LogP contribution in [0.5, 0.6) is 5.75 Å². The van der Waals surface area contributed by atoms with Gasteiger partial charge in [0, 0.05) is 36.3 Å². The highest BCUT2D eigenvalue weighted by molar-refractivity contribution is 5.95. The van der Waals surface area contributed by atoms with Crippen molar-refractivity contribution in [1.29, 1.82) is 0 Å². The molecule has 1 aromatic carbocycles. The van der Waals surface area contributed by atoms with E-state index in [0.29, 0.717) is 22.6 Å². The van der Waals surface area contributed by atoms with Crippen molar-refractivity contribution in [2.75, 3.05) is 18.9 Å². The predicted octanol–water partition coefficient (Wildman–Crippen LogP) is 3.22. The first-order chi connectivity index (χ1) is 14.9. The number of anilines is 1. The smallest absolute Gasteiger partial charge is 0.251 e. The van der Waals surface area contributed by atoms with E-state index in [-0.39, 0.29) is 36.7 Å². The molecule has 1 fully saturated rings. The van der Waals surface area contributed by atoms with Crippen LogP contribution in [0.15, 0.2) is 48.7 Å². The van der Waals surface area contributed by atoms with Crippen LogP contribution < -0.4 is 10.6 Å². The van der Waals surface area contributed by atoms with Crippen molar-refractivity contribution in [3.63, 3.8) is 0 Å². The van der Waals surface area contributed by atoms with Gasteiger partial charge in [-0.3, -0.25) is 9.78 Å². The number of alkyl halides is 1. The van der Waals surface area contributed by atoms with Gasteiger partial charge in [0.05, 0.1) is 11.4 Å². The molecule has 31 heavy (non-hydrogen) atoms. The van der Waals surface area contributed by atoms with Crippen molar-refractivity contribution in [2.24, 2.45) is 0 Å². The first kappa shape index (κ1) is 20.6. The Hall–Kier alpha value is -3.62. The second-order valence-electron chi connectivity index (χ2n) is 7.59. The largest absolute Gasteiger partial charge is 0.507 e. The summed E-state index contributed by atoms with van der Waals surface area (Å²) in [6, 6.07) is 10.6. The van der Waals surface area contributed by atoms with E-state index in [1.807, 2.05) is 0 Å². The second-order valence-corrected chi connectivity index (χ2v) is 7.59. The number of carbonyl (C=O) groups excluding carboxylic acids is 1. The van der Waals surface area contributed by atoms with Gasteiger partial charge in [0.1, 0.15) is 23.6 Å². The van der Waals surface area contributed by atoms with E-state index in [2.05, 4.69) is 25.8 Å². The number of amides is 1. The number of benzene rings is 1. The molecule has 160 valence electrons. The number of nitrogens with zero attached hydrogens (tertiary/aromatic N) is 3. The van der Waals surface area contributed by atoms with Crippen LogP contribution >= 0.6 is 0 Å². The Morgan fingerprint density at radius 1 is 1.23 bits per heavy atom. The molecule has 1 amide bonds. The summed E-state index contributed by atoms with van der Waals surface area (Å²) in [5.74, 6) is -0.352. The zero-order valence-electron chi connectivity index (χ0n) is 16.8. The topological polar surface area (TPSA) is 100 Å². The van der Waals surface area contributed by atoms with Gasteiger partial charge in [0.15, 0.2) is 0 Å². The molecule has 3 aromatic rings. The molecule has 9 heteroatoms. The maximum absolute atomic E-state index is 14.3. The number of carbonyl (C=O) groups is 1. The SMILES string of the molecule is CNC(=O)c1ccc(O)c(-c2ccc(NC[C@]3(c4ncccc4F)C[C@H](F)C3)nn2)c1. The lowest BCUT2D eigenvalue weighted by atomic mass is 9.65. The van der Waals surface area contributed by atoms with Crippen LogP contribution in [-0.2, 0) is 5.41 Å². The van der Waals surface area contributed by atoms with Gasteiger partial charge in [0.2, 0.25) is 0 Å². The number of aromatic hydroxyl groups is 1. The van der Waals surface area contributed by atoms with Crippen LogP contribution in [0.25, 0.3) is 11.3 Å². The molecular formula is C22H21F2N5O2. The summed E-state index contributed by atoms with van der Waals surface area (Å²) in [6.45, 7) is 0.257. The third-order valence-electron chi connectivity index (χ3n) is 5.52. The van der Waals surface area contributed by atoms with E-state index in [9.17, 15) is 18.7 Å². The second kappa shape index (κ2) is 8.25. The Balaban J connectivity index is 1.52. The summed E-state index contributed by atoms with van der Waals surface area (Å²) in [7, 11) is 1.52. The van der Waals surface area contributed by atoms with Crippen LogP contribution in [0.2, 0.25) is 0 Å². The summed E-state index contributed by atoms with van der Waals surface area (Å²) < 4.78 is 28.0. The first-order valence-corrected chi connectivity index (χ1v) is 9.80. The van der Waals surface area contributed by atoms with E-state index in [1.165, 1.54) is 43.6 Å². The number of phenolic OH excluding ortho intramolecular Hbond substituents is 1. The number of nitrogens with one attached hydrogen (secondary N) is 2. The highest BCUT2D eigenvalue weighted by Crippen LogP contribution is 2.45. The van der Waals surface area contributed by atoms with Crippen LogP contribution in [0.1, 0.15) is 28.9 Å². The molecule has 3 N–H and O–H groups in total. The Labute approximate surface area is 177 Å². The van der Waals surface area contributed by atoms with E-state index in [0.717, 1.165) is 0 Å². The fourth-order valence-corrected chi connectivity index (χ4v) is 3.84. The zero-order chi connectivity index (χ0) is 22.0. The van der Waals surface area contributed by atoms with Crippen molar-refractivity contribution < 1.29 is 18.7 Å². The molecule has 7 nitrogen and oxygen atoms in total. The Morgan fingerprint density at radius 2 is 2.03 bits per heavy atom. The van der Waals surface area contributed by atoms with Gasteiger partial charge in [-0.2, -0.15) is 0 Å². The first-order valence-electron chi connectivity index (χ1n) is 9.80. The molecule has 1 aliphatic carbocycles. The lowest BCUT2D eigenvalue weighted by Crippen LogP contribution is -2.49. The molecule has 0 saturated heterocycles. The molecule has 1 aliphatic rings. The maximum atomic E-state index is 14.3. The van der Waals surface area contributed by atoms with Gasteiger partial charge in [0.25, 0.3) is 5.91 Å². The molecule has 0 unspecified atom stereocenters. The fraction of sp³-hybridized carbons (Fsp3) is 0.273. The standard InChI is InChI=1S/C22H21F2N5O2/c1-25-21(31)13-4-6-18(30)15(9-13)17-5-7-19(29-28-17)27-12-22(10-14(23)11-22)20-16(24)3-2-8-26-20/h2-9,14,30H,10-12H2,1H3,(H,25,31)(H,27,29)/t14-,22-. The molecule has 2 heterocycles. The zero-order valence-corrected chi connectivity index (χ0v) is 16.8. The molecule has 0 atom stereocenters. The summed E-state index contributed by atoms with van der Waals surface area (Å²) >= 11 is 0. The molecular weight excluding hydrogens is 404 g/mol. The molecule has 0 bridgehead atoms. The van der Waals surface area contributed by atoms with Crippen molar-refractivity contribution >= 4 is 11.7 Å². The predicted molar refractivity (Wildman–Crippen MR) is 111 cm³/mol. The summed E-state index contributed by atoms with van der Waals surface area (Å²) in [6.07, 6.45) is 0.867. The average Bonchev–Trinajstić information content (AvgIpc) is 2.76. The normalized spacial score (nSPS) is 20.0. The van der Waals surface area contributed by atoms with Gasteiger partial charge in [-0.05, 0) is 55.3 Å². The van der Waals surface area contributed by atoms with Gasteiger partial charge >= 0.3 is 0 Å². The van der Waals surface area contributed by atoms with E-state index in [1.54, 1.807) is 12.1 Å². The molecule has 0 radical (unpaired) electrons. The number of rotatable bonds is 6. The van der Waals surface area contributed by atoms with Crippen LogP contribution in [-0.4, -0.2) is 46.0 Å². The van der Waals surface area contributed by atoms with Crippen molar-refractivity contribution in [2.45, 2.75) is 24.4 Å². The molecule has 2 aromatic heterocycles. The third kappa shape index (κ3) is 4.03. The highest BCUT2D eigenvalue weighted by atomic mass is 19.1. The average molecular weight is 425 g/mol. The van der Waals surface area contributed by atoms with Crippen LogP contribution in [0, 0.1) is 5.82 Å². The van der Waals surface area contributed by atoms with Gasteiger partial charge in [-0.15, -0.1) is 10.2 Å². The molecule has 0 spiro atoms. The van der Waals surface area contributed by atoms with Gasteiger partial charge in [-0.25, -0.2) is 8.78 Å². The monoisotopic (exact) mass is 425 g/mol. The number of phenols is 1. The van der Waals surface area contributed by atoms with Crippen LogP contribution in [0.4, 0.5) is 14.6 Å². The number of halogens is 2. The van der Waals surface area contributed by atoms with Gasteiger partial charge in [-0.1, -0.05) is 0 Å². The number of pyridine rings is 1. The minimum Gasteiger partial charge on any atom is -0.507 e. The lowest BCUT2D eigenvalue weighted by Gasteiger charge is -2.44. The summed E-state index contributed by atoms with van der Waals surface area (Å²) in [5.41, 5.74) is 0.630. The van der Waals surface area contributed by atoms with E-state index in [4.69, 9.17) is 0 Å². The Kier molecular flexibility index (Phi) is 5.50. The Bertz CT molecular complexity index is 1100. The Morgan fingerprint density at radius 3 is 2.68 bits per heavy atom. The third-order valence-corrected chi connectivity index (χ3v) is 5.52. The van der Waals surface area contributed by atoms with Crippen molar-refractivity contribution in [1.82, 2.24) is 20.5 Å². The van der Waals surface area contributed by atoms with Crippen LogP contribution in [0.3, 0.4) is 0 Å². The molecule has 0 aliphatic heterocycles. The molecule has 1 saturated carbocycles. The number of hydrogen-bond donors (Lipinski definition) is 3.